The molecule has 0 unspecified atom stereocenters. The van der Waals surface area contributed by atoms with Gasteiger partial charge in [0.15, 0.2) is 6.10 Å². The van der Waals surface area contributed by atoms with E-state index in [1.54, 1.807) is 6.92 Å². The number of carbonyl (C=O) groups excluding carboxylic acids is 3. The van der Waals surface area contributed by atoms with Gasteiger partial charge in [-0.15, -0.1) is 11.3 Å². The topological polar surface area (TPSA) is 84.5 Å². The van der Waals surface area contributed by atoms with Crippen LogP contribution in [0.2, 0.25) is 5.02 Å². The lowest BCUT2D eigenvalue weighted by molar-refractivity contribution is -0.123. The van der Waals surface area contributed by atoms with E-state index in [0.717, 1.165) is 17.0 Å². The zero-order valence-corrected chi connectivity index (χ0v) is 16.7. The number of hydrogen-bond donors (Lipinski definition) is 2. The molecule has 27 heavy (non-hydrogen) atoms. The van der Waals surface area contributed by atoms with Crippen LogP contribution in [0, 0.1) is 19.7 Å². The summed E-state index contributed by atoms with van der Waals surface area (Å²) in [5.41, 5.74) is 1.09. The molecule has 6 nitrogen and oxygen atoms in total. The van der Waals surface area contributed by atoms with Crippen molar-refractivity contribution in [1.29, 1.82) is 0 Å². The predicted molar refractivity (Wildman–Crippen MR) is 103 cm³/mol. The van der Waals surface area contributed by atoms with E-state index in [9.17, 15) is 18.8 Å². The summed E-state index contributed by atoms with van der Waals surface area (Å²) < 4.78 is 18.3. The number of aryl methyl sites for hydroxylation is 1. The number of amides is 2. The second kappa shape index (κ2) is 8.49. The van der Waals surface area contributed by atoms with Crippen molar-refractivity contribution < 1.29 is 23.5 Å². The van der Waals surface area contributed by atoms with Crippen molar-refractivity contribution >= 4 is 51.4 Å². The maximum Gasteiger partial charge on any atom is 0.342 e. The summed E-state index contributed by atoms with van der Waals surface area (Å²) >= 11 is 7.12. The second-order valence-electron chi connectivity index (χ2n) is 5.83. The fourth-order valence-electron chi connectivity index (χ4n) is 2.22. The molecule has 2 amide bonds. The van der Waals surface area contributed by atoms with Crippen LogP contribution in [0.25, 0.3) is 0 Å². The number of nitrogens with one attached hydrogen (secondary N) is 2. The third-order valence-electron chi connectivity index (χ3n) is 3.72. The van der Waals surface area contributed by atoms with Crippen molar-refractivity contribution in [3.05, 3.63) is 45.0 Å². The average Bonchev–Trinajstić information content (AvgIpc) is 2.83. The first-order valence-corrected chi connectivity index (χ1v) is 9.14. The lowest BCUT2D eigenvalue weighted by Crippen LogP contribution is -2.30. The normalized spacial score (nSPS) is 11.6. The highest BCUT2D eigenvalue weighted by molar-refractivity contribution is 7.16. The summed E-state index contributed by atoms with van der Waals surface area (Å²) in [6.07, 6.45) is -1.14. The minimum Gasteiger partial charge on any atom is -0.449 e. The van der Waals surface area contributed by atoms with Gasteiger partial charge >= 0.3 is 5.97 Å². The number of ether oxygens (including phenoxy) is 1. The molecule has 0 saturated carbocycles. The molecule has 0 aliphatic carbocycles. The Morgan fingerprint density at radius 2 is 1.89 bits per heavy atom. The van der Waals surface area contributed by atoms with Crippen LogP contribution >= 0.6 is 22.9 Å². The molecule has 1 heterocycles. The molecule has 9 heteroatoms. The number of esters is 1. The first kappa shape index (κ1) is 20.9. The van der Waals surface area contributed by atoms with Crippen LogP contribution in [0.4, 0.5) is 15.1 Å². The Morgan fingerprint density at radius 3 is 2.48 bits per heavy atom. The maximum absolute atomic E-state index is 13.1. The van der Waals surface area contributed by atoms with Crippen molar-refractivity contribution in [2.24, 2.45) is 0 Å². The van der Waals surface area contributed by atoms with E-state index in [0.29, 0.717) is 10.6 Å². The first-order chi connectivity index (χ1) is 12.6. The molecule has 1 aromatic heterocycles. The SMILES string of the molecule is CC(=O)Nc1sc(C)c(C)c1C(=O)O[C@H](C)C(=O)Nc1ccc(F)cc1Cl. The van der Waals surface area contributed by atoms with Crippen molar-refractivity contribution in [1.82, 2.24) is 0 Å². The van der Waals surface area contributed by atoms with Crippen LogP contribution in [-0.4, -0.2) is 23.9 Å². The van der Waals surface area contributed by atoms with Crippen molar-refractivity contribution in [2.75, 3.05) is 10.6 Å². The highest BCUT2D eigenvalue weighted by atomic mass is 35.5. The Hall–Kier alpha value is -2.45. The quantitative estimate of drug-likeness (QED) is 0.717. The number of carbonyl (C=O) groups is 3. The van der Waals surface area contributed by atoms with Gasteiger partial charge in [-0.05, 0) is 44.5 Å². The van der Waals surface area contributed by atoms with Gasteiger partial charge in [-0.25, -0.2) is 9.18 Å². The predicted octanol–water partition coefficient (Wildman–Crippen LogP) is 4.30. The third-order valence-corrected chi connectivity index (χ3v) is 5.16. The summed E-state index contributed by atoms with van der Waals surface area (Å²) in [7, 11) is 0. The monoisotopic (exact) mass is 412 g/mol. The van der Waals surface area contributed by atoms with E-state index in [1.165, 1.54) is 31.3 Å². The van der Waals surface area contributed by atoms with Crippen LogP contribution in [0.15, 0.2) is 18.2 Å². The Kier molecular flexibility index (Phi) is 6.56. The van der Waals surface area contributed by atoms with Gasteiger partial charge in [-0.1, -0.05) is 11.6 Å². The fraction of sp³-hybridized carbons (Fsp3) is 0.278. The second-order valence-corrected chi connectivity index (χ2v) is 7.46. The van der Waals surface area contributed by atoms with Gasteiger partial charge in [0.1, 0.15) is 10.8 Å². The van der Waals surface area contributed by atoms with E-state index >= 15 is 0 Å². The largest absolute Gasteiger partial charge is 0.449 e. The summed E-state index contributed by atoms with van der Waals surface area (Å²) in [6, 6.07) is 3.52. The Bertz CT molecular complexity index is 913. The smallest absolute Gasteiger partial charge is 0.342 e. The van der Waals surface area contributed by atoms with Gasteiger partial charge in [0, 0.05) is 11.8 Å². The highest BCUT2D eigenvalue weighted by Crippen LogP contribution is 2.33. The Balaban J connectivity index is 2.13. The Labute approximate surface area is 164 Å². The summed E-state index contributed by atoms with van der Waals surface area (Å²) in [4.78, 5) is 37.0. The van der Waals surface area contributed by atoms with Gasteiger partial charge in [0.2, 0.25) is 5.91 Å². The summed E-state index contributed by atoms with van der Waals surface area (Å²) in [5.74, 6) is -2.20. The van der Waals surface area contributed by atoms with Crippen molar-refractivity contribution in [3.8, 4) is 0 Å². The summed E-state index contributed by atoms with van der Waals surface area (Å²) in [6.45, 7) is 6.28. The van der Waals surface area contributed by atoms with Crippen molar-refractivity contribution in [3.63, 3.8) is 0 Å². The molecule has 0 spiro atoms. The molecule has 2 aromatic rings. The van der Waals surface area contributed by atoms with Crippen LogP contribution < -0.4 is 10.6 Å². The molecule has 1 atom stereocenters. The lowest BCUT2D eigenvalue weighted by atomic mass is 10.1. The molecular weight excluding hydrogens is 395 g/mol. The van der Waals surface area contributed by atoms with Crippen molar-refractivity contribution in [2.45, 2.75) is 33.8 Å². The standard InChI is InChI=1S/C18H18ClFN2O4S/c1-8-10(3)27-17(21-11(4)23)15(8)18(25)26-9(2)16(24)22-14-6-5-12(20)7-13(14)19/h5-7,9H,1-4H3,(H,21,23)(H,22,24)/t9-/m1/s1. The highest BCUT2D eigenvalue weighted by Gasteiger charge is 2.26. The van der Waals surface area contributed by atoms with E-state index < -0.39 is 23.8 Å². The van der Waals surface area contributed by atoms with E-state index in [1.807, 2.05) is 6.92 Å². The van der Waals surface area contributed by atoms with Gasteiger partial charge in [0.25, 0.3) is 5.91 Å². The lowest BCUT2D eigenvalue weighted by Gasteiger charge is -2.15. The number of halogens is 2. The number of anilines is 2. The molecule has 0 saturated heterocycles. The van der Waals surface area contributed by atoms with E-state index in [4.69, 9.17) is 16.3 Å². The van der Waals surface area contributed by atoms with Gasteiger partial charge in [-0.2, -0.15) is 0 Å². The van der Waals surface area contributed by atoms with Crippen LogP contribution in [0.5, 0.6) is 0 Å². The molecule has 0 aliphatic heterocycles. The number of thiophene rings is 1. The molecule has 0 aliphatic rings. The number of rotatable bonds is 5. The minimum absolute atomic E-state index is 0.0270. The number of hydrogen-bond acceptors (Lipinski definition) is 5. The molecule has 0 fully saturated rings. The number of benzene rings is 1. The molecule has 0 radical (unpaired) electrons. The molecule has 144 valence electrons. The maximum atomic E-state index is 13.1. The first-order valence-electron chi connectivity index (χ1n) is 7.94. The molecule has 0 bridgehead atoms. The summed E-state index contributed by atoms with van der Waals surface area (Å²) in [5, 5.41) is 5.47. The molecular formula is C18H18ClFN2O4S. The third kappa shape index (κ3) is 5.05. The van der Waals surface area contributed by atoms with Gasteiger partial charge in [-0.3, -0.25) is 9.59 Å². The molecule has 1 aromatic carbocycles. The van der Waals surface area contributed by atoms with E-state index in [-0.39, 0.29) is 22.2 Å². The average molecular weight is 413 g/mol. The fourth-order valence-corrected chi connectivity index (χ4v) is 3.53. The van der Waals surface area contributed by atoms with Gasteiger partial charge < -0.3 is 15.4 Å². The van der Waals surface area contributed by atoms with Crippen LogP contribution in [0.1, 0.15) is 34.6 Å². The zero-order chi connectivity index (χ0) is 20.3. The molecule has 2 N–H and O–H groups in total. The van der Waals surface area contributed by atoms with Gasteiger partial charge in [0.05, 0.1) is 16.3 Å². The van der Waals surface area contributed by atoms with Crippen LogP contribution in [-0.2, 0) is 14.3 Å². The van der Waals surface area contributed by atoms with E-state index in [2.05, 4.69) is 10.6 Å². The van der Waals surface area contributed by atoms with Crippen LogP contribution in [0.3, 0.4) is 0 Å². The minimum atomic E-state index is -1.14. The zero-order valence-electron chi connectivity index (χ0n) is 15.1. The molecule has 2 rings (SSSR count). The Morgan fingerprint density at radius 1 is 1.22 bits per heavy atom.